The molecule has 1 aliphatic rings. The van der Waals surface area contributed by atoms with Gasteiger partial charge in [-0.05, 0) is 39.0 Å². The highest BCUT2D eigenvalue weighted by Gasteiger charge is 2.31. The minimum atomic E-state index is -0.585. The second-order valence-electron chi connectivity index (χ2n) is 7.66. The Morgan fingerprint density at radius 1 is 1.18 bits per heavy atom. The zero-order valence-electron chi connectivity index (χ0n) is 16.2. The van der Waals surface area contributed by atoms with Crippen molar-refractivity contribution in [2.24, 2.45) is 7.05 Å². The summed E-state index contributed by atoms with van der Waals surface area (Å²) in [4.78, 5) is 26.9. The molecule has 3 rings (SSSR count). The summed E-state index contributed by atoms with van der Waals surface area (Å²) in [5.74, 6) is -0.347. The number of hydrogen-bond acceptors (Lipinski definition) is 4. The van der Waals surface area contributed by atoms with Crippen molar-refractivity contribution in [2.75, 3.05) is 11.9 Å². The molecule has 0 fully saturated rings. The van der Waals surface area contributed by atoms with E-state index in [1.54, 1.807) is 30.1 Å². The smallest absolute Gasteiger partial charge is 0.410 e. The standard InChI is InChI=1S/C19H22Cl2N4O3/c1-19(2,3)28-18(27)25-6-5-15-14(10-25)16(24(4)23-15)17(26)22-13-8-11(20)7-12(21)9-13/h7-9H,5-6,10H2,1-4H3,(H,22,26). The number of ether oxygens (including phenoxy) is 1. The summed E-state index contributed by atoms with van der Waals surface area (Å²) in [6, 6.07) is 4.81. The first-order valence-electron chi connectivity index (χ1n) is 8.83. The van der Waals surface area contributed by atoms with E-state index in [9.17, 15) is 9.59 Å². The quantitative estimate of drug-likeness (QED) is 0.780. The normalized spacial score (nSPS) is 13.9. The van der Waals surface area contributed by atoms with E-state index in [0.717, 1.165) is 5.69 Å². The van der Waals surface area contributed by atoms with Crippen molar-refractivity contribution in [1.29, 1.82) is 0 Å². The molecular formula is C19H22Cl2N4O3. The lowest BCUT2D eigenvalue weighted by Crippen LogP contribution is -2.40. The third-order valence-corrected chi connectivity index (χ3v) is 4.62. The van der Waals surface area contributed by atoms with Gasteiger partial charge in [0.1, 0.15) is 11.3 Å². The molecule has 150 valence electrons. The predicted octanol–water partition coefficient (Wildman–Crippen LogP) is 4.27. The fourth-order valence-electron chi connectivity index (χ4n) is 3.08. The highest BCUT2D eigenvalue weighted by Crippen LogP contribution is 2.26. The van der Waals surface area contributed by atoms with Crippen molar-refractivity contribution < 1.29 is 14.3 Å². The van der Waals surface area contributed by atoms with E-state index in [0.29, 0.717) is 40.0 Å². The second-order valence-corrected chi connectivity index (χ2v) is 8.53. The minimum absolute atomic E-state index is 0.261. The van der Waals surface area contributed by atoms with E-state index < -0.39 is 11.7 Å². The Balaban J connectivity index is 1.83. The van der Waals surface area contributed by atoms with Gasteiger partial charge in [-0.25, -0.2) is 4.79 Å². The molecule has 9 heteroatoms. The number of aromatic nitrogens is 2. The zero-order chi connectivity index (χ0) is 20.6. The molecule has 0 radical (unpaired) electrons. The van der Waals surface area contributed by atoms with Gasteiger partial charge < -0.3 is 15.0 Å². The van der Waals surface area contributed by atoms with Crippen molar-refractivity contribution >= 4 is 40.9 Å². The highest BCUT2D eigenvalue weighted by atomic mass is 35.5. The van der Waals surface area contributed by atoms with Gasteiger partial charge in [-0.15, -0.1) is 0 Å². The van der Waals surface area contributed by atoms with E-state index >= 15 is 0 Å². The molecule has 28 heavy (non-hydrogen) atoms. The number of carbonyl (C=O) groups excluding carboxylic acids is 2. The van der Waals surface area contributed by atoms with Gasteiger partial charge in [0, 0.05) is 41.3 Å². The monoisotopic (exact) mass is 424 g/mol. The van der Waals surface area contributed by atoms with Crippen LogP contribution in [0.25, 0.3) is 0 Å². The Kier molecular flexibility index (Phi) is 5.59. The third-order valence-electron chi connectivity index (χ3n) is 4.18. The highest BCUT2D eigenvalue weighted by molar-refractivity contribution is 6.35. The Morgan fingerprint density at radius 3 is 2.43 bits per heavy atom. The first-order chi connectivity index (χ1) is 13.0. The molecule has 1 aromatic heterocycles. The lowest BCUT2D eigenvalue weighted by molar-refractivity contribution is 0.0222. The molecule has 7 nitrogen and oxygen atoms in total. The van der Waals surface area contributed by atoms with Crippen molar-refractivity contribution in [2.45, 2.75) is 39.3 Å². The van der Waals surface area contributed by atoms with Crippen LogP contribution in [0.4, 0.5) is 10.5 Å². The minimum Gasteiger partial charge on any atom is -0.444 e. The fraction of sp³-hybridized carbons (Fsp3) is 0.421. The number of benzene rings is 1. The molecule has 2 aromatic rings. The van der Waals surface area contributed by atoms with Crippen LogP contribution in [0.1, 0.15) is 42.5 Å². The van der Waals surface area contributed by atoms with Crippen LogP contribution >= 0.6 is 23.2 Å². The molecule has 0 atom stereocenters. The Morgan fingerprint density at radius 2 is 1.82 bits per heavy atom. The van der Waals surface area contributed by atoms with Gasteiger partial charge in [0.25, 0.3) is 5.91 Å². The molecule has 2 heterocycles. The van der Waals surface area contributed by atoms with E-state index in [1.165, 1.54) is 4.68 Å². The number of hydrogen-bond donors (Lipinski definition) is 1. The van der Waals surface area contributed by atoms with Crippen LogP contribution in [0, 0.1) is 0 Å². The Bertz CT molecular complexity index is 914. The predicted molar refractivity (Wildman–Crippen MR) is 108 cm³/mol. The van der Waals surface area contributed by atoms with Crippen molar-refractivity contribution in [3.63, 3.8) is 0 Å². The van der Waals surface area contributed by atoms with Crippen LogP contribution in [0.5, 0.6) is 0 Å². The van der Waals surface area contributed by atoms with Crippen LogP contribution in [0.15, 0.2) is 18.2 Å². The van der Waals surface area contributed by atoms with Gasteiger partial charge >= 0.3 is 6.09 Å². The van der Waals surface area contributed by atoms with Gasteiger partial charge in [0.15, 0.2) is 0 Å². The molecule has 0 spiro atoms. The number of nitrogens with one attached hydrogen (secondary N) is 1. The van der Waals surface area contributed by atoms with Gasteiger partial charge in [-0.2, -0.15) is 5.10 Å². The lowest BCUT2D eigenvalue weighted by Gasteiger charge is -2.29. The van der Waals surface area contributed by atoms with Crippen molar-refractivity contribution in [3.05, 3.63) is 45.2 Å². The molecule has 1 aromatic carbocycles. The van der Waals surface area contributed by atoms with Crippen LogP contribution in [-0.4, -0.2) is 38.8 Å². The van der Waals surface area contributed by atoms with Gasteiger partial charge in [-0.3, -0.25) is 9.48 Å². The topological polar surface area (TPSA) is 76.5 Å². The first kappa shape index (κ1) is 20.5. The number of amides is 2. The summed E-state index contributed by atoms with van der Waals surface area (Å²) in [7, 11) is 1.70. The molecule has 0 bridgehead atoms. The molecule has 0 aliphatic carbocycles. The molecule has 0 saturated heterocycles. The van der Waals surface area contributed by atoms with Crippen LogP contribution in [-0.2, 0) is 24.8 Å². The second kappa shape index (κ2) is 7.64. The molecule has 0 saturated carbocycles. The fourth-order valence-corrected chi connectivity index (χ4v) is 3.61. The van der Waals surface area contributed by atoms with E-state index in [4.69, 9.17) is 27.9 Å². The van der Waals surface area contributed by atoms with Gasteiger partial charge in [0.2, 0.25) is 0 Å². The zero-order valence-corrected chi connectivity index (χ0v) is 17.7. The summed E-state index contributed by atoms with van der Waals surface area (Å²) in [5.41, 5.74) is 1.80. The summed E-state index contributed by atoms with van der Waals surface area (Å²) < 4.78 is 6.98. The van der Waals surface area contributed by atoms with Crippen LogP contribution in [0.2, 0.25) is 10.0 Å². The molecule has 2 amide bonds. The lowest BCUT2D eigenvalue weighted by atomic mass is 10.1. The molecular weight excluding hydrogens is 403 g/mol. The molecule has 0 unspecified atom stereocenters. The summed E-state index contributed by atoms with van der Waals surface area (Å²) in [6.45, 7) is 6.21. The number of anilines is 1. The number of carbonyl (C=O) groups is 2. The molecule has 1 aliphatic heterocycles. The number of rotatable bonds is 2. The largest absolute Gasteiger partial charge is 0.444 e. The number of nitrogens with zero attached hydrogens (tertiary/aromatic N) is 3. The van der Waals surface area contributed by atoms with Crippen LogP contribution in [0.3, 0.4) is 0 Å². The van der Waals surface area contributed by atoms with E-state index in [2.05, 4.69) is 10.4 Å². The average Bonchev–Trinajstić information content (AvgIpc) is 2.87. The van der Waals surface area contributed by atoms with Gasteiger partial charge in [-0.1, -0.05) is 23.2 Å². The maximum Gasteiger partial charge on any atom is 0.410 e. The summed E-state index contributed by atoms with van der Waals surface area (Å²) in [5, 5.41) is 8.08. The number of halogens is 2. The van der Waals surface area contributed by atoms with Gasteiger partial charge in [0.05, 0.1) is 12.2 Å². The van der Waals surface area contributed by atoms with E-state index in [-0.39, 0.29) is 12.5 Å². The summed E-state index contributed by atoms with van der Waals surface area (Å²) >= 11 is 12.0. The maximum absolute atomic E-state index is 12.9. The first-order valence-corrected chi connectivity index (χ1v) is 9.59. The summed E-state index contributed by atoms with van der Waals surface area (Å²) in [6.07, 6.45) is 0.147. The third kappa shape index (κ3) is 4.59. The number of fused-ring (bicyclic) bond motifs is 1. The Hall–Kier alpha value is -2.25. The van der Waals surface area contributed by atoms with E-state index in [1.807, 2.05) is 20.8 Å². The van der Waals surface area contributed by atoms with Crippen molar-refractivity contribution in [3.8, 4) is 0 Å². The molecule has 1 N–H and O–H groups in total. The Labute approximate surface area is 173 Å². The maximum atomic E-state index is 12.9. The van der Waals surface area contributed by atoms with Crippen LogP contribution < -0.4 is 5.32 Å². The number of aryl methyl sites for hydroxylation is 1. The SMILES string of the molecule is Cn1nc2c(c1C(=O)Nc1cc(Cl)cc(Cl)c1)CN(C(=O)OC(C)(C)C)CC2. The average molecular weight is 425 g/mol. The van der Waals surface area contributed by atoms with Crippen molar-refractivity contribution in [1.82, 2.24) is 14.7 Å².